The van der Waals surface area contributed by atoms with Crippen molar-refractivity contribution in [2.75, 3.05) is 0 Å². The molecule has 0 radical (unpaired) electrons. The molecule has 18 heavy (non-hydrogen) atoms. The molecule has 0 unspecified atom stereocenters. The van der Waals surface area contributed by atoms with Gasteiger partial charge in [-0.15, -0.1) is 0 Å². The van der Waals surface area contributed by atoms with Gasteiger partial charge in [0.15, 0.2) is 0 Å². The Morgan fingerprint density at radius 2 is 1.61 bits per heavy atom. The number of nitrogens with two attached hydrogens (primary N) is 1. The number of rotatable bonds is 5. The molecule has 0 atom stereocenters. The monoisotopic (exact) mass is 240 g/mol. The summed E-state index contributed by atoms with van der Waals surface area (Å²) in [6, 6.07) is 17.6. The molecule has 0 heterocycles. The second kappa shape index (κ2) is 5.98. The summed E-state index contributed by atoms with van der Waals surface area (Å²) in [6.45, 7) is 1.53. The Kier molecular flexibility index (Phi) is 4.10. The van der Waals surface area contributed by atoms with Crippen molar-refractivity contribution >= 4 is 5.91 Å². The van der Waals surface area contributed by atoms with Gasteiger partial charge in [0.05, 0.1) is 0 Å². The quantitative estimate of drug-likeness (QED) is 0.840. The fourth-order valence-electron chi connectivity index (χ4n) is 1.78. The van der Waals surface area contributed by atoms with Gasteiger partial charge in [0.2, 0.25) is 5.91 Å². The highest BCUT2D eigenvalue weighted by molar-refractivity contribution is 5.92. The van der Waals surface area contributed by atoms with E-state index in [1.807, 2.05) is 36.4 Å². The fourth-order valence-corrected chi connectivity index (χ4v) is 1.78. The SMILES string of the molecule is NC(=O)c1cccc(CNCc2ccccc2)c1. The zero-order chi connectivity index (χ0) is 12.8. The van der Waals surface area contributed by atoms with Crippen molar-refractivity contribution in [1.82, 2.24) is 5.32 Å². The van der Waals surface area contributed by atoms with Crippen LogP contribution in [0, 0.1) is 0 Å². The molecule has 0 spiro atoms. The first-order valence-electron chi connectivity index (χ1n) is 5.89. The Hall–Kier alpha value is -2.13. The van der Waals surface area contributed by atoms with E-state index in [1.165, 1.54) is 5.56 Å². The van der Waals surface area contributed by atoms with Gasteiger partial charge in [0, 0.05) is 18.7 Å². The number of carbonyl (C=O) groups is 1. The standard InChI is InChI=1S/C15H16N2O/c16-15(18)14-8-4-7-13(9-14)11-17-10-12-5-2-1-3-6-12/h1-9,17H,10-11H2,(H2,16,18). The molecule has 2 aromatic carbocycles. The van der Waals surface area contributed by atoms with Crippen molar-refractivity contribution in [3.63, 3.8) is 0 Å². The van der Waals surface area contributed by atoms with E-state index >= 15 is 0 Å². The molecule has 92 valence electrons. The van der Waals surface area contributed by atoms with E-state index in [0.717, 1.165) is 18.7 Å². The van der Waals surface area contributed by atoms with Crippen LogP contribution in [0.1, 0.15) is 21.5 Å². The largest absolute Gasteiger partial charge is 0.366 e. The molecular formula is C15H16N2O. The number of primary amides is 1. The van der Waals surface area contributed by atoms with E-state index in [4.69, 9.17) is 5.73 Å². The average Bonchev–Trinajstić information content (AvgIpc) is 2.40. The smallest absolute Gasteiger partial charge is 0.248 e. The van der Waals surface area contributed by atoms with Crippen molar-refractivity contribution in [1.29, 1.82) is 0 Å². The summed E-state index contributed by atoms with van der Waals surface area (Å²) >= 11 is 0. The molecule has 0 aromatic heterocycles. The summed E-state index contributed by atoms with van der Waals surface area (Å²) in [7, 11) is 0. The van der Waals surface area contributed by atoms with Gasteiger partial charge in [-0.1, -0.05) is 42.5 Å². The lowest BCUT2D eigenvalue weighted by Gasteiger charge is -2.06. The highest BCUT2D eigenvalue weighted by Gasteiger charge is 2.00. The van der Waals surface area contributed by atoms with Crippen LogP contribution in [0.2, 0.25) is 0 Å². The minimum absolute atomic E-state index is 0.389. The van der Waals surface area contributed by atoms with Crippen LogP contribution in [0.4, 0.5) is 0 Å². The highest BCUT2D eigenvalue weighted by Crippen LogP contribution is 2.05. The van der Waals surface area contributed by atoms with E-state index in [0.29, 0.717) is 5.56 Å². The second-order valence-electron chi connectivity index (χ2n) is 4.15. The van der Waals surface area contributed by atoms with E-state index in [9.17, 15) is 4.79 Å². The second-order valence-corrected chi connectivity index (χ2v) is 4.15. The third kappa shape index (κ3) is 3.43. The Morgan fingerprint density at radius 3 is 2.33 bits per heavy atom. The van der Waals surface area contributed by atoms with Crippen LogP contribution < -0.4 is 11.1 Å². The van der Waals surface area contributed by atoms with Crippen molar-refractivity contribution in [3.8, 4) is 0 Å². The first-order valence-corrected chi connectivity index (χ1v) is 5.89. The number of hydrogen-bond acceptors (Lipinski definition) is 2. The maximum Gasteiger partial charge on any atom is 0.248 e. The minimum Gasteiger partial charge on any atom is -0.366 e. The Bertz CT molecular complexity index is 523. The van der Waals surface area contributed by atoms with Crippen molar-refractivity contribution in [2.24, 2.45) is 5.73 Å². The van der Waals surface area contributed by atoms with Crippen LogP contribution in [0.5, 0.6) is 0 Å². The molecule has 0 saturated carbocycles. The molecule has 0 aliphatic rings. The molecule has 0 aliphatic heterocycles. The van der Waals surface area contributed by atoms with E-state index in [1.54, 1.807) is 6.07 Å². The van der Waals surface area contributed by atoms with Gasteiger partial charge >= 0.3 is 0 Å². The molecule has 3 nitrogen and oxygen atoms in total. The van der Waals surface area contributed by atoms with Crippen LogP contribution in [0.3, 0.4) is 0 Å². The average molecular weight is 240 g/mol. The maximum absolute atomic E-state index is 11.1. The lowest BCUT2D eigenvalue weighted by atomic mass is 10.1. The Morgan fingerprint density at radius 1 is 0.944 bits per heavy atom. The zero-order valence-corrected chi connectivity index (χ0v) is 10.1. The van der Waals surface area contributed by atoms with Crippen molar-refractivity contribution < 1.29 is 4.79 Å². The van der Waals surface area contributed by atoms with Crippen LogP contribution in [0.25, 0.3) is 0 Å². The van der Waals surface area contributed by atoms with Gasteiger partial charge in [-0.25, -0.2) is 0 Å². The Labute approximate surface area is 107 Å². The molecule has 0 fully saturated rings. The van der Waals surface area contributed by atoms with Gasteiger partial charge in [0.1, 0.15) is 0 Å². The van der Waals surface area contributed by atoms with Crippen LogP contribution >= 0.6 is 0 Å². The number of benzene rings is 2. The summed E-state index contributed by atoms with van der Waals surface area (Å²) in [4.78, 5) is 11.1. The molecular weight excluding hydrogens is 224 g/mol. The summed E-state index contributed by atoms with van der Waals surface area (Å²) < 4.78 is 0. The Balaban J connectivity index is 1.90. The van der Waals surface area contributed by atoms with E-state index in [-0.39, 0.29) is 5.91 Å². The summed E-state index contributed by atoms with van der Waals surface area (Å²) in [5, 5.41) is 3.33. The van der Waals surface area contributed by atoms with Gasteiger partial charge in [-0.3, -0.25) is 4.79 Å². The number of nitrogens with one attached hydrogen (secondary N) is 1. The molecule has 0 aliphatic carbocycles. The highest BCUT2D eigenvalue weighted by atomic mass is 16.1. The molecule has 0 bridgehead atoms. The van der Waals surface area contributed by atoms with Crippen molar-refractivity contribution in [3.05, 3.63) is 71.3 Å². The van der Waals surface area contributed by atoms with Crippen molar-refractivity contribution in [2.45, 2.75) is 13.1 Å². The predicted molar refractivity (Wildman–Crippen MR) is 71.9 cm³/mol. The van der Waals surface area contributed by atoms with E-state index in [2.05, 4.69) is 17.4 Å². The topological polar surface area (TPSA) is 55.1 Å². The minimum atomic E-state index is -0.389. The van der Waals surface area contributed by atoms with Gasteiger partial charge in [0.25, 0.3) is 0 Å². The van der Waals surface area contributed by atoms with E-state index < -0.39 is 0 Å². The van der Waals surface area contributed by atoms with Crippen LogP contribution in [-0.2, 0) is 13.1 Å². The summed E-state index contributed by atoms with van der Waals surface area (Å²) in [6.07, 6.45) is 0. The summed E-state index contributed by atoms with van der Waals surface area (Å²) in [5.74, 6) is -0.389. The van der Waals surface area contributed by atoms with Gasteiger partial charge < -0.3 is 11.1 Å². The first kappa shape index (κ1) is 12.3. The molecule has 2 aromatic rings. The first-order chi connectivity index (χ1) is 8.75. The molecule has 1 amide bonds. The predicted octanol–water partition coefficient (Wildman–Crippen LogP) is 2.08. The number of amides is 1. The molecule has 2 rings (SSSR count). The molecule has 3 N–H and O–H groups in total. The third-order valence-corrected chi connectivity index (χ3v) is 2.71. The van der Waals surface area contributed by atoms with Gasteiger partial charge in [-0.05, 0) is 23.3 Å². The maximum atomic E-state index is 11.1. The molecule has 0 saturated heterocycles. The third-order valence-electron chi connectivity index (χ3n) is 2.71. The number of carbonyl (C=O) groups excluding carboxylic acids is 1. The van der Waals surface area contributed by atoms with Crippen LogP contribution in [-0.4, -0.2) is 5.91 Å². The molecule has 3 heteroatoms. The fraction of sp³-hybridized carbons (Fsp3) is 0.133. The number of hydrogen-bond donors (Lipinski definition) is 2. The lowest BCUT2D eigenvalue weighted by molar-refractivity contribution is 0.1000. The van der Waals surface area contributed by atoms with Crippen LogP contribution in [0.15, 0.2) is 54.6 Å². The zero-order valence-electron chi connectivity index (χ0n) is 10.1. The lowest BCUT2D eigenvalue weighted by Crippen LogP contribution is -2.14. The normalized spacial score (nSPS) is 10.2. The van der Waals surface area contributed by atoms with Gasteiger partial charge in [-0.2, -0.15) is 0 Å². The summed E-state index contributed by atoms with van der Waals surface area (Å²) in [5.41, 5.74) is 8.09.